The Kier molecular flexibility index (Phi) is 12.8. The second-order valence-corrected chi connectivity index (χ2v) is 11.1. The van der Waals surface area contributed by atoms with Gasteiger partial charge in [-0.15, -0.1) is 0 Å². The minimum absolute atomic E-state index is 0.00422. The number of methoxy groups -OCH3 is 1. The molecule has 0 atom stereocenters. The summed E-state index contributed by atoms with van der Waals surface area (Å²) in [6.07, 6.45) is 0. The predicted octanol–water partition coefficient (Wildman–Crippen LogP) is 6.89. The first-order valence-electron chi connectivity index (χ1n) is 14.1. The Balaban J connectivity index is 0.000000241. The van der Waals surface area contributed by atoms with Gasteiger partial charge >= 0.3 is 11.9 Å². The number of hydrogen-bond donors (Lipinski definition) is 1. The molecule has 3 aromatic carbocycles. The van der Waals surface area contributed by atoms with Crippen LogP contribution in [0.3, 0.4) is 0 Å². The van der Waals surface area contributed by atoms with Crippen LogP contribution in [0.4, 0.5) is 5.69 Å². The lowest BCUT2D eigenvalue weighted by molar-refractivity contribution is -0.142. The molecular weight excluding hydrogens is 650 g/mol. The Morgan fingerprint density at radius 3 is 2.23 bits per heavy atom. The maximum Gasteiger partial charge on any atom is 0.340 e. The van der Waals surface area contributed by atoms with Gasteiger partial charge in [0.1, 0.15) is 19.0 Å². The molecule has 0 amide bonds. The van der Waals surface area contributed by atoms with Crippen LogP contribution < -0.4 is 10.5 Å². The van der Waals surface area contributed by atoms with Crippen molar-refractivity contribution in [2.24, 2.45) is 0 Å². The van der Waals surface area contributed by atoms with Gasteiger partial charge < -0.3 is 19.9 Å². The van der Waals surface area contributed by atoms with Crippen LogP contribution in [0, 0.1) is 6.92 Å². The number of carbonyl (C=O) groups excluding carboxylic acids is 3. The first-order chi connectivity index (χ1) is 21.0. The zero-order valence-corrected chi connectivity index (χ0v) is 27.8. The largest absolute Gasteiger partial charge is 0.497 e. The first kappa shape index (κ1) is 34.6. The third-order valence-electron chi connectivity index (χ3n) is 6.82. The van der Waals surface area contributed by atoms with E-state index in [9.17, 15) is 14.4 Å². The number of rotatable bonds is 10. The lowest BCUT2D eigenvalue weighted by Crippen LogP contribution is -2.22. The Morgan fingerprint density at radius 1 is 0.955 bits per heavy atom. The molecule has 2 N–H and O–H groups in total. The second-order valence-electron chi connectivity index (χ2n) is 9.83. The van der Waals surface area contributed by atoms with Gasteiger partial charge in [-0.25, -0.2) is 4.79 Å². The van der Waals surface area contributed by atoms with Gasteiger partial charge in [-0.1, -0.05) is 25.4 Å². The van der Waals surface area contributed by atoms with E-state index in [1.165, 1.54) is 6.92 Å². The number of nitrogens with two attached hydrogens (primary N) is 1. The molecule has 0 fully saturated rings. The summed E-state index contributed by atoms with van der Waals surface area (Å²) in [6.45, 7) is 9.96. The molecule has 44 heavy (non-hydrogen) atoms. The number of hydrogen-bond acceptors (Lipinski definition) is 8. The number of ether oxygens (including phenoxy) is 3. The molecule has 11 heteroatoms. The number of carbonyl (C=O) groups is 3. The lowest BCUT2D eigenvalue weighted by atomic mass is 10.1. The highest BCUT2D eigenvalue weighted by molar-refractivity contribution is 9.10. The van der Waals surface area contributed by atoms with Crippen LogP contribution in [0.1, 0.15) is 52.7 Å². The van der Waals surface area contributed by atoms with E-state index >= 15 is 0 Å². The third-order valence-corrected chi connectivity index (χ3v) is 7.73. The Bertz CT molecular complexity index is 1620. The molecule has 9 nitrogen and oxygen atoms in total. The van der Waals surface area contributed by atoms with Crippen molar-refractivity contribution in [1.82, 2.24) is 9.47 Å². The predicted molar refractivity (Wildman–Crippen MR) is 177 cm³/mol. The van der Waals surface area contributed by atoms with Crippen LogP contribution in [0.2, 0.25) is 5.02 Å². The summed E-state index contributed by atoms with van der Waals surface area (Å²) in [5, 5.41) is 1.60. The van der Waals surface area contributed by atoms with E-state index in [1.54, 1.807) is 42.0 Å². The summed E-state index contributed by atoms with van der Waals surface area (Å²) in [6, 6.07) is 18.2. The van der Waals surface area contributed by atoms with Crippen molar-refractivity contribution in [1.29, 1.82) is 0 Å². The molecule has 0 bridgehead atoms. The summed E-state index contributed by atoms with van der Waals surface area (Å²) in [5.74, 6) is -0.232. The average Bonchev–Trinajstić information content (AvgIpc) is 3.34. The second kappa shape index (κ2) is 16.3. The van der Waals surface area contributed by atoms with Crippen molar-refractivity contribution in [2.45, 2.75) is 34.2 Å². The van der Waals surface area contributed by atoms with Gasteiger partial charge in [0.25, 0.3) is 5.91 Å². The van der Waals surface area contributed by atoms with Crippen LogP contribution in [0.15, 0.2) is 65.1 Å². The minimum Gasteiger partial charge on any atom is -0.497 e. The average molecular weight is 687 g/mol. The smallest absolute Gasteiger partial charge is 0.340 e. The van der Waals surface area contributed by atoms with E-state index in [1.807, 2.05) is 37.3 Å². The summed E-state index contributed by atoms with van der Waals surface area (Å²) in [7, 11) is 1.63. The zero-order chi connectivity index (χ0) is 32.4. The highest BCUT2D eigenvalue weighted by Gasteiger charge is 2.17. The van der Waals surface area contributed by atoms with Crippen molar-refractivity contribution in [2.75, 3.05) is 39.1 Å². The van der Waals surface area contributed by atoms with E-state index < -0.39 is 11.9 Å². The fraction of sp³-hybridized carbons (Fsp3) is 0.303. The van der Waals surface area contributed by atoms with Gasteiger partial charge in [-0.3, -0.25) is 19.1 Å². The number of esters is 2. The molecule has 0 aliphatic heterocycles. The molecular formula is C33H37BrClN3O6. The molecule has 1 heterocycles. The normalized spacial score (nSPS) is 10.7. The number of nitrogen functional groups attached to an aromatic ring is 1. The first-order valence-corrected chi connectivity index (χ1v) is 15.2. The molecule has 0 aliphatic rings. The van der Waals surface area contributed by atoms with E-state index in [4.69, 9.17) is 31.5 Å². The monoisotopic (exact) mass is 685 g/mol. The quantitative estimate of drug-likeness (QED) is 0.109. The number of anilines is 1. The van der Waals surface area contributed by atoms with Gasteiger partial charge in [-0.05, 0) is 102 Å². The van der Waals surface area contributed by atoms with E-state index in [0.29, 0.717) is 26.3 Å². The van der Waals surface area contributed by atoms with Crippen molar-refractivity contribution in [3.63, 3.8) is 0 Å². The third kappa shape index (κ3) is 9.07. The molecule has 1 aromatic heterocycles. The summed E-state index contributed by atoms with van der Waals surface area (Å²) < 4.78 is 17.4. The highest BCUT2D eigenvalue weighted by Crippen LogP contribution is 2.27. The van der Waals surface area contributed by atoms with E-state index in [0.717, 1.165) is 47.5 Å². The molecule has 0 spiro atoms. The number of fused-ring (bicyclic) bond motifs is 1. The van der Waals surface area contributed by atoms with E-state index in [-0.39, 0.29) is 19.1 Å². The molecule has 0 saturated heterocycles. The number of aryl methyl sites for hydroxylation is 1. The fourth-order valence-electron chi connectivity index (χ4n) is 4.49. The van der Waals surface area contributed by atoms with Crippen molar-refractivity contribution in [3.05, 3.63) is 92.5 Å². The van der Waals surface area contributed by atoms with Crippen molar-refractivity contribution in [3.8, 4) is 5.75 Å². The molecule has 234 valence electrons. The van der Waals surface area contributed by atoms with Crippen molar-refractivity contribution >= 4 is 62.0 Å². The SMILES string of the molecule is CCN(CC)Cc1cc(Br)c(N)c(C(=O)OCCOC(C)=O)c1.COc1ccc2c(c1)cc(C)n2C(=O)c1ccc(Cl)cc1. The van der Waals surface area contributed by atoms with Crippen LogP contribution in [-0.4, -0.2) is 60.7 Å². The lowest BCUT2D eigenvalue weighted by Gasteiger charge is -2.19. The van der Waals surface area contributed by atoms with Gasteiger partial charge in [0.2, 0.25) is 0 Å². The number of halogens is 2. The topological polar surface area (TPSA) is 113 Å². The summed E-state index contributed by atoms with van der Waals surface area (Å²) in [5.41, 5.74) is 9.94. The van der Waals surface area contributed by atoms with E-state index in [2.05, 4.69) is 34.7 Å². The zero-order valence-electron chi connectivity index (χ0n) is 25.5. The molecule has 0 radical (unpaired) electrons. The Hall–Kier alpha value is -3.86. The standard InChI is InChI=1S/C17H14ClNO2.C16H23BrN2O4/c1-11-9-13-10-15(21-2)7-8-16(13)19(11)17(20)12-3-5-14(18)6-4-12;1-4-19(5-2)10-12-8-13(15(18)14(17)9-12)16(21)23-7-6-22-11(3)20/h3-10H,1-2H3;8-9H,4-7,10,18H2,1-3H3. The summed E-state index contributed by atoms with van der Waals surface area (Å²) >= 11 is 9.25. The van der Waals surface area contributed by atoms with Crippen LogP contribution in [-0.2, 0) is 20.8 Å². The van der Waals surface area contributed by atoms with Crippen molar-refractivity contribution < 1.29 is 28.6 Å². The Morgan fingerprint density at radius 2 is 1.61 bits per heavy atom. The summed E-state index contributed by atoms with van der Waals surface area (Å²) in [4.78, 5) is 37.8. The number of benzene rings is 3. The highest BCUT2D eigenvalue weighted by atomic mass is 79.9. The van der Waals surface area contributed by atoms with Gasteiger partial charge in [0, 0.05) is 39.6 Å². The minimum atomic E-state index is -0.531. The van der Waals surface area contributed by atoms with Gasteiger partial charge in [0.05, 0.1) is 23.9 Å². The van der Waals surface area contributed by atoms with Crippen LogP contribution in [0.25, 0.3) is 10.9 Å². The van der Waals surface area contributed by atoms with Crippen LogP contribution >= 0.6 is 27.5 Å². The number of nitrogens with zero attached hydrogens (tertiary/aromatic N) is 2. The van der Waals surface area contributed by atoms with Crippen LogP contribution in [0.5, 0.6) is 5.75 Å². The number of aromatic nitrogens is 1. The maximum atomic E-state index is 12.7. The molecule has 0 saturated carbocycles. The molecule has 4 aromatic rings. The van der Waals surface area contributed by atoms with Gasteiger partial charge in [0.15, 0.2) is 0 Å². The molecule has 4 rings (SSSR count). The maximum absolute atomic E-state index is 12.7. The van der Waals surface area contributed by atoms with Gasteiger partial charge in [-0.2, -0.15) is 0 Å². The molecule has 0 unspecified atom stereocenters. The molecule has 0 aliphatic carbocycles. The fourth-order valence-corrected chi connectivity index (χ4v) is 5.12. The Labute approximate surface area is 270 Å².